The summed E-state index contributed by atoms with van der Waals surface area (Å²) in [4.78, 5) is 17.7. The van der Waals surface area contributed by atoms with E-state index in [4.69, 9.17) is 0 Å². The van der Waals surface area contributed by atoms with Crippen molar-refractivity contribution in [2.75, 3.05) is 18.6 Å². The third kappa shape index (κ3) is 2.90. The minimum absolute atomic E-state index is 0.233. The maximum Gasteiger partial charge on any atom is 0.305 e. The Morgan fingerprint density at radius 3 is 3.19 bits per heavy atom. The van der Waals surface area contributed by atoms with Gasteiger partial charge in [-0.05, 0) is 24.1 Å². The van der Waals surface area contributed by atoms with E-state index < -0.39 is 0 Å². The quantitative estimate of drug-likeness (QED) is 0.814. The third-order valence-electron chi connectivity index (χ3n) is 3.53. The number of nitrogens with zero attached hydrogens (tertiary/aromatic N) is 2. The van der Waals surface area contributed by atoms with Crippen molar-refractivity contribution in [1.82, 2.24) is 4.98 Å². The zero-order valence-electron chi connectivity index (χ0n) is 11.6. The smallest absolute Gasteiger partial charge is 0.305 e. The van der Waals surface area contributed by atoms with Gasteiger partial charge in [-0.2, -0.15) is 0 Å². The van der Waals surface area contributed by atoms with Gasteiger partial charge in [-0.3, -0.25) is 4.79 Å². The highest BCUT2D eigenvalue weighted by atomic mass is 32.1. The Kier molecular flexibility index (Phi) is 3.88. The monoisotopic (exact) mass is 306 g/mol. The molecule has 110 valence electrons. The SMILES string of the molecule is COC(=O)CCc1csc(N2CCc3ccc(F)cc32)n1. The Balaban J connectivity index is 1.76. The summed E-state index contributed by atoms with van der Waals surface area (Å²) in [5.74, 6) is -0.471. The van der Waals surface area contributed by atoms with Crippen LogP contribution in [-0.4, -0.2) is 24.6 Å². The number of carbonyl (C=O) groups excluding carboxylic acids is 1. The molecule has 0 radical (unpaired) electrons. The molecule has 0 N–H and O–H groups in total. The van der Waals surface area contributed by atoms with Crippen molar-refractivity contribution in [3.8, 4) is 0 Å². The number of hydrogen-bond acceptors (Lipinski definition) is 5. The molecule has 0 amide bonds. The average Bonchev–Trinajstić information content (AvgIpc) is 3.10. The van der Waals surface area contributed by atoms with E-state index >= 15 is 0 Å². The standard InChI is InChI=1S/C15H15FN2O2S/c1-20-14(19)5-4-12-9-21-15(17-12)18-7-6-10-2-3-11(16)8-13(10)18/h2-3,8-9H,4-7H2,1H3. The minimum Gasteiger partial charge on any atom is -0.469 e. The van der Waals surface area contributed by atoms with Crippen molar-refractivity contribution >= 4 is 28.1 Å². The number of anilines is 2. The van der Waals surface area contributed by atoms with E-state index in [1.54, 1.807) is 6.07 Å². The summed E-state index contributed by atoms with van der Waals surface area (Å²) < 4.78 is 18.0. The first-order valence-electron chi connectivity index (χ1n) is 6.74. The van der Waals surface area contributed by atoms with Gasteiger partial charge in [0.1, 0.15) is 5.82 Å². The average molecular weight is 306 g/mol. The molecule has 0 bridgehead atoms. The number of carbonyl (C=O) groups is 1. The van der Waals surface area contributed by atoms with Gasteiger partial charge in [0.15, 0.2) is 5.13 Å². The molecule has 2 aromatic rings. The molecule has 1 aromatic carbocycles. The van der Waals surface area contributed by atoms with Crippen LogP contribution in [0.15, 0.2) is 23.6 Å². The Morgan fingerprint density at radius 1 is 1.52 bits per heavy atom. The lowest BCUT2D eigenvalue weighted by Gasteiger charge is -2.15. The summed E-state index contributed by atoms with van der Waals surface area (Å²) in [6, 6.07) is 4.88. The van der Waals surface area contributed by atoms with Gasteiger partial charge in [0.05, 0.1) is 19.2 Å². The summed E-state index contributed by atoms with van der Waals surface area (Å²) in [6.45, 7) is 0.808. The summed E-state index contributed by atoms with van der Waals surface area (Å²) in [7, 11) is 1.38. The van der Waals surface area contributed by atoms with Crippen molar-refractivity contribution in [3.05, 3.63) is 40.7 Å². The third-order valence-corrected chi connectivity index (χ3v) is 4.44. The van der Waals surface area contributed by atoms with E-state index in [2.05, 4.69) is 9.72 Å². The molecule has 0 spiro atoms. The van der Waals surface area contributed by atoms with Gasteiger partial charge in [-0.1, -0.05) is 6.07 Å². The highest BCUT2D eigenvalue weighted by Gasteiger charge is 2.23. The zero-order valence-corrected chi connectivity index (χ0v) is 12.5. The van der Waals surface area contributed by atoms with Gasteiger partial charge < -0.3 is 9.64 Å². The van der Waals surface area contributed by atoms with Crippen molar-refractivity contribution in [2.45, 2.75) is 19.3 Å². The van der Waals surface area contributed by atoms with Gasteiger partial charge in [-0.15, -0.1) is 11.3 Å². The number of thiazole rings is 1. The molecule has 1 aliphatic rings. The summed E-state index contributed by atoms with van der Waals surface area (Å²) in [5.41, 5.74) is 2.90. The fraction of sp³-hybridized carbons (Fsp3) is 0.333. The van der Waals surface area contributed by atoms with E-state index in [0.29, 0.717) is 12.8 Å². The number of rotatable bonds is 4. The lowest BCUT2D eigenvalue weighted by Crippen LogP contribution is -2.13. The lowest BCUT2D eigenvalue weighted by molar-refractivity contribution is -0.140. The minimum atomic E-state index is -0.238. The number of hydrogen-bond donors (Lipinski definition) is 0. The van der Waals surface area contributed by atoms with Crippen LogP contribution >= 0.6 is 11.3 Å². The van der Waals surface area contributed by atoms with E-state index in [-0.39, 0.29) is 11.8 Å². The van der Waals surface area contributed by atoms with Crippen LogP contribution < -0.4 is 4.90 Å². The Bertz CT molecular complexity index is 671. The highest BCUT2D eigenvalue weighted by molar-refractivity contribution is 7.13. The van der Waals surface area contributed by atoms with Gasteiger partial charge >= 0.3 is 5.97 Å². The van der Waals surface area contributed by atoms with Gasteiger partial charge in [0.2, 0.25) is 0 Å². The van der Waals surface area contributed by atoms with Crippen LogP contribution in [0.2, 0.25) is 0 Å². The van der Waals surface area contributed by atoms with Crippen molar-refractivity contribution in [2.24, 2.45) is 0 Å². The molecule has 0 aliphatic carbocycles. The van der Waals surface area contributed by atoms with Crippen LogP contribution in [0.5, 0.6) is 0 Å². The van der Waals surface area contributed by atoms with Crippen molar-refractivity contribution in [1.29, 1.82) is 0 Å². The molecule has 0 fully saturated rings. The van der Waals surface area contributed by atoms with Gasteiger partial charge in [0.25, 0.3) is 0 Å². The second kappa shape index (κ2) is 5.81. The molecule has 0 unspecified atom stereocenters. The Labute approximate surface area is 126 Å². The number of benzene rings is 1. The van der Waals surface area contributed by atoms with Crippen LogP contribution in [0.1, 0.15) is 17.7 Å². The number of esters is 1. The number of aromatic nitrogens is 1. The summed E-state index contributed by atoms with van der Waals surface area (Å²) in [6.07, 6.45) is 1.78. The van der Waals surface area contributed by atoms with Crippen LogP contribution in [0.4, 0.5) is 15.2 Å². The first-order valence-corrected chi connectivity index (χ1v) is 7.62. The molecule has 21 heavy (non-hydrogen) atoms. The number of fused-ring (bicyclic) bond motifs is 1. The van der Waals surface area contributed by atoms with Crippen molar-refractivity contribution in [3.63, 3.8) is 0 Å². The first kappa shape index (κ1) is 14.0. The van der Waals surface area contributed by atoms with Crippen molar-refractivity contribution < 1.29 is 13.9 Å². The molecule has 0 saturated heterocycles. The molecule has 0 atom stereocenters. The highest BCUT2D eigenvalue weighted by Crippen LogP contribution is 2.36. The number of halogens is 1. The maximum atomic E-state index is 13.4. The predicted octanol–water partition coefficient (Wildman–Crippen LogP) is 3.08. The van der Waals surface area contributed by atoms with Crippen LogP contribution in [0.3, 0.4) is 0 Å². The Hall–Kier alpha value is -1.95. The topological polar surface area (TPSA) is 42.4 Å². The lowest BCUT2D eigenvalue weighted by atomic mass is 10.2. The number of ether oxygens (including phenoxy) is 1. The van der Waals surface area contributed by atoms with Gasteiger partial charge in [0, 0.05) is 24.0 Å². The predicted molar refractivity (Wildman–Crippen MR) is 79.6 cm³/mol. The van der Waals surface area contributed by atoms with Crippen LogP contribution in [0.25, 0.3) is 0 Å². The van der Waals surface area contributed by atoms with E-state index in [1.807, 2.05) is 16.3 Å². The number of methoxy groups -OCH3 is 1. The molecule has 4 nitrogen and oxygen atoms in total. The largest absolute Gasteiger partial charge is 0.469 e. The fourth-order valence-corrected chi connectivity index (χ4v) is 3.32. The Morgan fingerprint density at radius 2 is 2.38 bits per heavy atom. The van der Waals surface area contributed by atoms with E-state index in [1.165, 1.54) is 24.5 Å². The van der Waals surface area contributed by atoms with Crippen LogP contribution in [0, 0.1) is 5.82 Å². The second-order valence-corrected chi connectivity index (χ2v) is 5.71. The molecule has 3 rings (SSSR count). The molecule has 2 heterocycles. The second-order valence-electron chi connectivity index (χ2n) is 4.87. The maximum absolute atomic E-state index is 13.4. The van der Waals surface area contributed by atoms with Gasteiger partial charge in [-0.25, -0.2) is 9.37 Å². The molecular weight excluding hydrogens is 291 g/mol. The van der Waals surface area contributed by atoms with E-state index in [0.717, 1.165) is 35.0 Å². The van der Waals surface area contributed by atoms with E-state index in [9.17, 15) is 9.18 Å². The normalized spacial score (nSPS) is 13.3. The fourth-order valence-electron chi connectivity index (χ4n) is 2.42. The molecule has 0 saturated carbocycles. The molecular formula is C15H15FN2O2S. The summed E-state index contributed by atoms with van der Waals surface area (Å²) in [5, 5.41) is 2.79. The molecule has 6 heteroatoms. The summed E-state index contributed by atoms with van der Waals surface area (Å²) >= 11 is 1.52. The van der Waals surface area contributed by atoms with Crippen LogP contribution in [-0.2, 0) is 22.4 Å². The first-order chi connectivity index (χ1) is 10.2. The molecule has 1 aliphatic heterocycles. The zero-order chi connectivity index (χ0) is 14.8. The number of aryl methyl sites for hydroxylation is 1. The molecule has 1 aromatic heterocycles.